The van der Waals surface area contributed by atoms with Gasteiger partial charge in [0.25, 0.3) is 0 Å². The van der Waals surface area contributed by atoms with Crippen molar-refractivity contribution >= 4 is 23.0 Å². The topological polar surface area (TPSA) is 70.1 Å². The van der Waals surface area contributed by atoms with E-state index in [1.807, 2.05) is 6.07 Å². The van der Waals surface area contributed by atoms with E-state index in [1.165, 1.54) is 11.2 Å². The number of aliphatic hydroxyl groups is 1. The SMILES string of the molecule is OCCNc1cc(NCCc2cccs2)ncn1. The number of hydrogen-bond acceptors (Lipinski definition) is 6. The third-order valence-corrected chi connectivity index (χ3v) is 3.28. The molecule has 2 aromatic heterocycles. The highest BCUT2D eigenvalue weighted by atomic mass is 32.1. The molecule has 0 aliphatic carbocycles. The molecule has 2 heterocycles. The van der Waals surface area contributed by atoms with Gasteiger partial charge in [0.1, 0.15) is 18.0 Å². The first-order valence-corrected chi connectivity index (χ1v) is 6.69. The van der Waals surface area contributed by atoms with Gasteiger partial charge in [0.2, 0.25) is 0 Å². The fourth-order valence-corrected chi connectivity index (χ4v) is 2.21. The number of nitrogens with zero attached hydrogens (tertiary/aromatic N) is 2. The minimum Gasteiger partial charge on any atom is -0.395 e. The summed E-state index contributed by atoms with van der Waals surface area (Å²) in [6.07, 6.45) is 2.49. The Morgan fingerprint density at radius 3 is 2.61 bits per heavy atom. The van der Waals surface area contributed by atoms with E-state index in [0.717, 1.165) is 24.6 Å². The Balaban J connectivity index is 1.81. The maximum absolute atomic E-state index is 8.72. The zero-order chi connectivity index (χ0) is 12.6. The average molecular weight is 264 g/mol. The van der Waals surface area contributed by atoms with Gasteiger partial charge in [-0.2, -0.15) is 0 Å². The lowest BCUT2D eigenvalue weighted by molar-refractivity contribution is 0.311. The number of rotatable bonds is 7. The average Bonchev–Trinajstić information content (AvgIpc) is 2.90. The van der Waals surface area contributed by atoms with Crippen molar-refractivity contribution in [3.05, 3.63) is 34.8 Å². The van der Waals surface area contributed by atoms with Crippen LogP contribution in [-0.2, 0) is 6.42 Å². The predicted octanol–water partition coefficient (Wildman–Crippen LogP) is 1.60. The molecule has 18 heavy (non-hydrogen) atoms. The van der Waals surface area contributed by atoms with Crippen molar-refractivity contribution in [1.82, 2.24) is 9.97 Å². The van der Waals surface area contributed by atoms with Crippen LogP contribution >= 0.6 is 11.3 Å². The van der Waals surface area contributed by atoms with Gasteiger partial charge in [0.05, 0.1) is 6.61 Å². The molecule has 96 valence electrons. The van der Waals surface area contributed by atoms with Crippen LogP contribution in [0.2, 0.25) is 0 Å². The summed E-state index contributed by atoms with van der Waals surface area (Å²) in [4.78, 5) is 9.57. The first-order chi connectivity index (χ1) is 8.88. The highest BCUT2D eigenvalue weighted by molar-refractivity contribution is 7.09. The van der Waals surface area contributed by atoms with Gasteiger partial charge in [0, 0.05) is 24.0 Å². The zero-order valence-corrected chi connectivity index (χ0v) is 10.8. The molecule has 0 saturated heterocycles. The third-order valence-electron chi connectivity index (χ3n) is 2.34. The number of anilines is 2. The fraction of sp³-hybridized carbons (Fsp3) is 0.333. The second kappa shape index (κ2) is 6.93. The molecule has 0 amide bonds. The van der Waals surface area contributed by atoms with Crippen molar-refractivity contribution in [3.63, 3.8) is 0 Å². The van der Waals surface area contributed by atoms with E-state index >= 15 is 0 Å². The van der Waals surface area contributed by atoms with Crippen molar-refractivity contribution < 1.29 is 5.11 Å². The lowest BCUT2D eigenvalue weighted by atomic mass is 10.3. The monoisotopic (exact) mass is 264 g/mol. The lowest BCUT2D eigenvalue weighted by Crippen LogP contribution is -2.09. The van der Waals surface area contributed by atoms with E-state index in [1.54, 1.807) is 11.3 Å². The van der Waals surface area contributed by atoms with E-state index in [9.17, 15) is 0 Å². The highest BCUT2D eigenvalue weighted by Crippen LogP contribution is 2.11. The lowest BCUT2D eigenvalue weighted by Gasteiger charge is -2.07. The van der Waals surface area contributed by atoms with Crippen LogP contribution in [0.25, 0.3) is 0 Å². The molecule has 2 rings (SSSR count). The van der Waals surface area contributed by atoms with Crippen LogP contribution in [0.1, 0.15) is 4.88 Å². The summed E-state index contributed by atoms with van der Waals surface area (Å²) in [6, 6.07) is 6.02. The van der Waals surface area contributed by atoms with Gasteiger partial charge in [-0.3, -0.25) is 0 Å². The normalized spacial score (nSPS) is 10.3. The molecule has 0 saturated carbocycles. The number of aromatic nitrogens is 2. The Morgan fingerprint density at radius 1 is 1.17 bits per heavy atom. The van der Waals surface area contributed by atoms with Gasteiger partial charge in [-0.05, 0) is 17.9 Å². The highest BCUT2D eigenvalue weighted by Gasteiger charge is 1.98. The largest absolute Gasteiger partial charge is 0.395 e. The molecular formula is C12H16N4OS. The van der Waals surface area contributed by atoms with Gasteiger partial charge < -0.3 is 15.7 Å². The molecule has 0 spiro atoms. The van der Waals surface area contributed by atoms with Crippen LogP contribution in [0, 0.1) is 0 Å². The van der Waals surface area contributed by atoms with Crippen molar-refractivity contribution in [2.75, 3.05) is 30.3 Å². The summed E-state index contributed by atoms with van der Waals surface area (Å²) in [7, 11) is 0. The molecule has 0 bridgehead atoms. The number of nitrogens with one attached hydrogen (secondary N) is 2. The summed E-state index contributed by atoms with van der Waals surface area (Å²) in [5.41, 5.74) is 0. The van der Waals surface area contributed by atoms with Crippen LogP contribution in [0.5, 0.6) is 0 Å². The van der Waals surface area contributed by atoms with Crippen molar-refractivity contribution in [3.8, 4) is 0 Å². The van der Waals surface area contributed by atoms with Gasteiger partial charge >= 0.3 is 0 Å². The molecule has 0 fully saturated rings. The molecule has 0 aliphatic heterocycles. The van der Waals surface area contributed by atoms with E-state index in [2.05, 4.69) is 38.1 Å². The van der Waals surface area contributed by atoms with E-state index in [4.69, 9.17) is 5.11 Å². The fourth-order valence-electron chi connectivity index (χ4n) is 1.50. The summed E-state index contributed by atoms with van der Waals surface area (Å²) in [5, 5.41) is 17.1. The summed E-state index contributed by atoms with van der Waals surface area (Å²) in [5.74, 6) is 1.51. The Labute approximate surface area is 110 Å². The Bertz CT molecular complexity index is 461. The quantitative estimate of drug-likeness (QED) is 0.708. The summed E-state index contributed by atoms with van der Waals surface area (Å²) in [6.45, 7) is 1.42. The molecule has 0 radical (unpaired) electrons. The van der Waals surface area contributed by atoms with Gasteiger partial charge in [-0.25, -0.2) is 9.97 Å². The first kappa shape index (κ1) is 12.8. The van der Waals surface area contributed by atoms with E-state index in [-0.39, 0.29) is 6.61 Å². The van der Waals surface area contributed by atoms with Crippen molar-refractivity contribution in [1.29, 1.82) is 0 Å². The number of hydrogen-bond donors (Lipinski definition) is 3. The molecule has 0 unspecified atom stereocenters. The minimum atomic E-state index is 0.0884. The second-order valence-corrected chi connectivity index (χ2v) is 4.73. The number of aliphatic hydroxyl groups excluding tert-OH is 1. The van der Waals surface area contributed by atoms with Gasteiger partial charge in [0.15, 0.2) is 0 Å². The number of thiophene rings is 1. The first-order valence-electron chi connectivity index (χ1n) is 5.81. The molecule has 0 aliphatic rings. The van der Waals surface area contributed by atoms with Crippen LogP contribution < -0.4 is 10.6 Å². The van der Waals surface area contributed by atoms with E-state index < -0.39 is 0 Å². The maximum Gasteiger partial charge on any atom is 0.131 e. The molecule has 5 nitrogen and oxygen atoms in total. The van der Waals surface area contributed by atoms with Crippen LogP contribution in [0.3, 0.4) is 0 Å². The maximum atomic E-state index is 8.72. The van der Waals surface area contributed by atoms with Gasteiger partial charge in [-0.15, -0.1) is 11.3 Å². The summed E-state index contributed by atoms with van der Waals surface area (Å²) >= 11 is 1.76. The van der Waals surface area contributed by atoms with Crippen LogP contribution in [-0.4, -0.2) is 34.8 Å². The Kier molecular flexibility index (Phi) is 4.92. The molecule has 6 heteroatoms. The Hall–Kier alpha value is -1.66. The van der Waals surface area contributed by atoms with Crippen molar-refractivity contribution in [2.24, 2.45) is 0 Å². The molecule has 2 aromatic rings. The molecule has 0 aromatic carbocycles. The standard InChI is InChI=1S/C12H16N4OS/c17-6-5-14-12-8-11(15-9-16-12)13-4-3-10-2-1-7-18-10/h1-2,7-9,17H,3-6H2,(H2,13,14,15,16). The third kappa shape index (κ3) is 3.97. The van der Waals surface area contributed by atoms with E-state index in [0.29, 0.717) is 6.54 Å². The predicted molar refractivity (Wildman–Crippen MR) is 74.1 cm³/mol. The minimum absolute atomic E-state index is 0.0884. The van der Waals surface area contributed by atoms with Crippen LogP contribution in [0.15, 0.2) is 29.9 Å². The molecule has 0 atom stereocenters. The Morgan fingerprint density at radius 2 is 1.94 bits per heavy atom. The van der Waals surface area contributed by atoms with Crippen molar-refractivity contribution in [2.45, 2.75) is 6.42 Å². The smallest absolute Gasteiger partial charge is 0.131 e. The van der Waals surface area contributed by atoms with Gasteiger partial charge in [-0.1, -0.05) is 6.07 Å². The second-order valence-electron chi connectivity index (χ2n) is 3.70. The van der Waals surface area contributed by atoms with Crippen LogP contribution in [0.4, 0.5) is 11.6 Å². The molecule has 3 N–H and O–H groups in total. The zero-order valence-electron chi connectivity index (χ0n) is 9.97. The molecular weight excluding hydrogens is 248 g/mol. The summed E-state index contributed by atoms with van der Waals surface area (Å²) < 4.78 is 0.